The van der Waals surface area contributed by atoms with E-state index in [4.69, 9.17) is 9.47 Å². The van der Waals surface area contributed by atoms with Crippen LogP contribution >= 0.6 is 0 Å². The van der Waals surface area contributed by atoms with E-state index in [1.165, 1.54) is 28.8 Å². The summed E-state index contributed by atoms with van der Waals surface area (Å²) in [5.41, 5.74) is 0.556. The standard InChI is InChI=1S/C27H23FN4O5/c1-17-20-13-18(16-29)7-8-19(20)21(31(2)26(34)15-28)14-24(17)37-23-6-4-3-5-22(23)36-12-11-32-10-9-25(33)30-27(32)35/h3-10,13-14H,11-12,15H2,1-2H3,(H,30,33,35). The first-order valence-electron chi connectivity index (χ1n) is 11.3. The number of aryl methyl sites for hydroxylation is 1. The number of nitrogens with one attached hydrogen (secondary N) is 1. The first kappa shape index (κ1) is 25.2. The van der Waals surface area contributed by atoms with Gasteiger partial charge in [-0.3, -0.25) is 19.1 Å². The van der Waals surface area contributed by atoms with Gasteiger partial charge in [-0.15, -0.1) is 0 Å². The molecule has 9 nitrogen and oxygen atoms in total. The number of para-hydroxylation sites is 2. The highest BCUT2D eigenvalue weighted by Crippen LogP contribution is 2.40. The summed E-state index contributed by atoms with van der Waals surface area (Å²) in [5.74, 6) is 0.450. The van der Waals surface area contributed by atoms with E-state index < -0.39 is 23.8 Å². The van der Waals surface area contributed by atoms with Gasteiger partial charge in [0, 0.05) is 30.8 Å². The summed E-state index contributed by atoms with van der Waals surface area (Å²) < 4.78 is 26.6. The van der Waals surface area contributed by atoms with Gasteiger partial charge in [-0.25, -0.2) is 9.18 Å². The van der Waals surface area contributed by atoms with Crippen LogP contribution in [0.5, 0.6) is 17.2 Å². The summed E-state index contributed by atoms with van der Waals surface area (Å²) in [4.78, 5) is 38.7. The Morgan fingerprint density at radius 1 is 1.08 bits per heavy atom. The molecule has 0 saturated carbocycles. The zero-order chi connectivity index (χ0) is 26.5. The van der Waals surface area contributed by atoms with Crippen molar-refractivity contribution in [1.29, 1.82) is 5.26 Å². The molecule has 37 heavy (non-hydrogen) atoms. The monoisotopic (exact) mass is 502 g/mol. The molecule has 0 saturated heterocycles. The lowest BCUT2D eigenvalue weighted by molar-refractivity contribution is -0.119. The fourth-order valence-corrected chi connectivity index (χ4v) is 3.84. The lowest BCUT2D eigenvalue weighted by atomic mass is 9.99. The van der Waals surface area contributed by atoms with Crippen molar-refractivity contribution in [3.05, 3.63) is 92.8 Å². The maximum Gasteiger partial charge on any atom is 0.328 e. The highest BCUT2D eigenvalue weighted by Gasteiger charge is 2.19. The third-order valence-electron chi connectivity index (χ3n) is 5.87. The number of nitriles is 1. The van der Waals surface area contributed by atoms with Crippen LogP contribution in [0, 0.1) is 18.3 Å². The van der Waals surface area contributed by atoms with Gasteiger partial charge in [0.1, 0.15) is 12.4 Å². The predicted molar refractivity (Wildman–Crippen MR) is 136 cm³/mol. The van der Waals surface area contributed by atoms with Gasteiger partial charge in [-0.1, -0.05) is 18.2 Å². The van der Waals surface area contributed by atoms with E-state index in [9.17, 15) is 24.0 Å². The summed E-state index contributed by atoms with van der Waals surface area (Å²) in [5, 5.41) is 10.7. The van der Waals surface area contributed by atoms with Crippen LogP contribution in [0.3, 0.4) is 0 Å². The number of amides is 1. The predicted octanol–water partition coefficient (Wildman–Crippen LogP) is 3.67. The zero-order valence-electron chi connectivity index (χ0n) is 20.2. The van der Waals surface area contributed by atoms with Crippen LogP contribution < -0.4 is 25.6 Å². The minimum absolute atomic E-state index is 0.119. The zero-order valence-corrected chi connectivity index (χ0v) is 20.2. The number of anilines is 1. The molecule has 0 spiro atoms. The van der Waals surface area contributed by atoms with Gasteiger partial charge >= 0.3 is 5.69 Å². The molecule has 0 fully saturated rings. The molecule has 0 aliphatic heterocycles. The van der Waals surface area contributed by atoms with Gasteiger partial charge in [-0.2, -0.15) is 5.26 Å². The summed E-state index contributed by atoms with van der Waals surface area (Å²) >= 11 is 0. The summed E-state index contributed by atoms with van der Waals surface area (Å²) in [7, 11) is 1.48. The van der Waals surface area contributed by atoms with E-state index in [-0.39, 0.29) is 13.2 Å². The van der Waals surface area contributed by atoms with Gasteiger partial charge in [0.25, 0.3) is 11.5 Å². The number of hydrogen-bond acceptors (Lipinski definition) is 6. The molecule has 0 bridgehead atoms. The normalized spacial score (nSPS) is 10.6. The number of hydrogen-bond donors (Lipinski definition) is 1. The van der Waals surface area contributed by atoms with Gasteiger partial charge in [0.05, 0.1) is 23.9 Å². The maximum atomic E-state index is 13.2. The van der Waals surface area contributed by atoms with Crippen LogP contribution in [0.1, 0.15) is 11.1 Å². The molecular formula is C27H23FN4O5. The number of ether oxygens (including phenoxy) is 2. The van der Waals surface area contributed by atoms with Crippen LogP contribution in [0.2, 0.25) is 0 Å². The molecule has 0 aliphatic rings. The summed E-state index contributed by atoms with van der Waals surface area (Å²) in [6, 6.07) is 17.0. The summed E-state index contributed by atoms with van der Waals surface area (Å²) in [6.45, 7) is 0.975. The van der Waals surface area contributed by atoms with E-state index in [0.29, 0.717) is 44.8 Å². The first-order chi connectivity index (χ1) is 17.8. The van der Waals surface area contributed by atoms with Crippen LogP contribution in [-0.2, 0) is 11.3 Å². The number of rotatable bonds is 8. The second-order valence-electron chi connectivity index (χ2n) is 8.18. The molecule has 1 N–H and O–H groups in total. The van der Waals surface area contributed by atoms with Gasteiger partial charge < -0.3 is 14.4 Å². The molecule has 10 heteroatoms. The van der Waals surface area contributed by atoms with Crippen LogP contribution in [0.25, 0.3) is 10.8 Å². The Labute approximate surface area is 210 Å². The molecule has 0 atom stereocenters. The van der Waals surface area contributed by atoms with E-state index in [1.54, 1.807) is 48.5 Å². The number of benzene rings is 3. The molecule has 188 valence electrons. The number of aromatic nitrogens is 2. The number of H-pyrrole nitrogens is 1. The second kappa shape index (κ2) is 10.8. The van der Waals surface area contributed by atoms with Crippen molar-refractivity contribution in [2.24, 2.45) is 0 Å². The third kappa shape index (κ3) is 5.36. The number of halogens is 1. The molecule has 1 amide bonds. The number of carbonyl (C=O) groups excluding carboxylic acids is 1. The Morgan fingerprint density at radius 3 is 2.54 bits per heavy atom. The molecule has 4 aromatic rings. The lowest BCUT2D eigenvalue weighted by Gasteiger charge is -2.22. The minimum Gasteiger partial charge on any atom is -0.488 e. The minimum atomic E-state index is -1.16. The van der Waals surface area contributed by atoms with Crippen LogP contribution in [0.4, 0.5) is 10.1 Å². The van der Waals surface area contributed by atoms with Gasteiger partial charge in [0.2, 0.25) is 0 Å². The number of nitrogens with zero attached hydrogens (tertiary/aromatic N) is 3. The number of alkyl halides is 1. The molecule has 4 rings (SSSR count). The Kier molecular flexibility index (Phi) is 7.34. The van der Waals surface area contributed by atoms with Crippen molar-refractivity contribution < 1.29 is 18.7 Å². The van der Waals surface area contributed by atoms with E-state index in [2.05, 4.69) is 11.1 Å². The Hall–Kier alpha value is -4.91. The largest absolute Gasteiger partial charge is 0.488 e. The quantitative estimate of drug-likeness (QED) is 0.393. The third-order valence-corrected chi connectivity index (χ3v) is 5.87. The number of carbonyl (C=O) groups is 1. The smallest absolute Gasteiger partial charge is 0.328 e. The SMILES string of the molecule is Cc1c(Oc2ccccc2OCCn2ccc(=O)[nH]c2=O)cc(N(C)C(=O)CF)c2ccc(C#N)cc12. The van der Waals surface area contributed by atoms with Crippen LogP contribution in [-0.4, -0.2) is 35.8 Å². The van der Waals surface area contributed by atoms with E-state index >= 15 is 0 Å². The van der Waals surface area contributed by atoms with Crippen molar-refractivity contribution in [3.8, 4) is 23.3 Å². The Morgan fingerprint density at radius 2 is 1.84 bits per heavy atom. The average molecular weight is 503 g/mol. The molecule has 1 aromatic heterocycles. The average Bonchev–Trinajstić information content (AvgIpc) is 2.91. The molecule has 0 radical (unpaired) electrons. The molecule has 3 aromatic carbocycles. The van der Waals surface area contributed by atoms with Crippen molar-refractivity contribution in [2.45, 2.75) is 13.5 Å². The van der Waals surface area contributed by atoms with E-state index in [0.717, 1.165) is 0 Å². The fraction of sp³-hybridized carbons (Fsp3) is 0.185. The van der Waals surface area contributed by atoms with Crippen LogP contribution in [0.15, 0.2) is 70.4 Å². The Bertz CT molecular complexity index is 1640. The highest BCUT2D eigenvalue weighted by atomic mass is 19.1. The van der Waals surface area contributed by atoms with Gasteiger partial charge in [0.15, 0.2) is 18.2 Å². The lowest BCUT2D eigenvalue weighted by Crippen LogP contribution is -2.30. The Balaban J connectivity index is 1.68. The molecule has 0 unspecified atom stereocenters. The van der Waals surface area contributed by atoms with Gasteiger partial charge in [-0.05, 0) is 42.1 Å². The molecule has 1 heterocycles. The topological polar surface area (TPSA) is 117 Å². The highest BCUT2D eigenvalue weighted by molar-refractivity contribution is 6.06. The summed E-state index contributed by atoms with van der Waals surface area (Å²) in [6.07, 6.45) is 1.39. The van der Waals surface area contributed by atoms with E-state index in [1.807, 2.05) is 6.92 Å². The number of fused-ring (bicyclic) bond motifs is 1. The maximum absolute atomic E-state index is 13.2. The number of aromatic amines is 1. The van der Waals surface area contributed by atoms with Crippen molar-refractivity contribution in [1.82, 2.24) is 9.55 Å². The van der Waals surface area contributed by atoms with Crippen molar-refractivity contribution in [3.63, 3.8) is 0 Å². The van der Waals surface area contributed by atoms with Crippen molar-refractivity contribution in [2.75, 3.05) is 25.2 Å². The fourth-order valence-electron chi connectivity index (χ4n) is 3.84. The van der Waals surface area contributed by atoms with Crippen molar-refractivity contribution >= 4 is 22.4 Å². The molecular weight excluding hydrogens is 479 g/mol. The molecule has 0 aliphatic carbocycles. The second-order valence-corrected chi connectivity index (χ2v) is 8.18. The first-order valence-corrected chi connectivity index (χ1v) is 11.3.